The Bertz CT molecular complexity index is 267. The van der Waals surface area contributed by atoms with Gasteiger partial charge in [-0.2, -0.15) is 0 Å². The van der Waals surface area contributed by atoms with E-state index in [1.165, 1.54) is 76.9 Å². The standard InChI is InChI=1S/C17H30O/c1-16(14-17(15-16)11-9-12-17)10-7-5-3-2-4-6-8-13-18/h8,13,18H,2-7,9-12,14-15H2,1H3. The molecule has 1 N–H and O–H groups in total. The molecular weight excluding hydrogens is 220 g/mol. The van der Waals surface area contributed by atoms with Gasteiger partial charge in [-0.25, -0.2) is 0 Å². The Morgan fingerprint density at radius 1 is 1.00 bits per heavy atom. The Labute approximate surface area is 113 Å². The Hall–Kier alpha value is -0.460. The van der Waals surface area contributed by atoms with Crippen LogP contribution in [0, 0.1) is 10.8 Å². The van der Waals surface area contributed by atoms with Gasteiger partial charge in [0.25, 0.3) is 0 Å². The minimum atomic E-state index is 0.708. The van der Waals surface area contributed by atoms with Crippen molar-refractivity contribution in [2.24, 2.45) is 10.8 Å². The third kappa shape index (κ3) is 3.52. The van der Waals surface area contributed by atoms with Gasteiger partial charge in [-0.05, 0) is 55.8 Å². The molecule has 0 aromatic heterocycles. The Morgan fingerprint density at radius 3 is 2.28 bits per heavy atom. The highest BCUT2D eigenvalue weighted by Crippen LogP contribution is 2.65. The molecule has 0 aliphatic heterocycles. The second-order valence-electron chi connectivity index (χ2n) is 7.21. The predicted molar refractivity (Wildman–Crippen MR) is 77.7 cm³/mol. The highest BCUT2D eigenvalue weighted by Gasteiger charge is 2.53. The van der Waals surface area contributed by atoms with E-state index in [-0.39, 0.29) is 0 Å². The number of rotatable bonds is 8. The molecule has 1 heteroatoms. The third-order valence-corrected chi connectivity index (χ3v) is 5.27. The lowest BCUT2D eigenvalue weighted by Gasteiger charge is -2.60. The molecule has 0 bridgehead atoms. The van der Waals surface area contributed by atoms with Gasteiger partial charge in [-0.1, -0.05) is 45.1 Å². The van der Waals surface area contributed by atoms with Crippen molar-refractivity contribution < 1.29 is 5.11 Å². The van der Waals surface area contributed by atoms with E-state index in [4.69, 9.17) is 5.11 Å². The van der Waals surface area contributed by atoms with Crippen LogP contribution in [0.1, 0.15) is 84.0 Å². The number of allylic oxidation sites excluding steroid dienone is 1. The predicted octanol–water partition coefficient (Wildman–Crippen LogP) is 5.76. The van der Waals surface area contributed by atoms with Gasteiger partial charge in [0.1, 0.15) is 0 Å². The highest BCUT2D eigenvalue weighted by atomic mass is 16.2. The Balaban J connectivity index is 1.44. The van der Waals surface area contributed by atoms with Crippen molar-refractivity contribution in [3.63, 3.8) is 0 Å². The van der Waals surface area contributed by atoms with Crippen molar-refractivity contribution in [1.82, 2.24) is 0 Å². The molecule has 0 aromatic rings. The molecule has 104 valence electrons. The van der Waals surface area contributed by atoms with Crippen LogP contribution in [0.15, 0.2) is 12.3 Å². The van der Waals surface area contributed by atoms with Crippen molar-refractivity contribution in [3.05, 3.63) is 12.3 Å². The van der Waals surface area contributed by atoms with Crippen LogP contribution in [-0.2, 0) is 0 Å². The van der Waals surface area contributed by atoms with Crippen LogP contribution in [0.25, 0.3) is 0 Å². The van der Waals surface area contributed by atoms with Gasteiger partial charge in [0, 0.05) is 0 Å². The lowest BCUT2D eigenvalue weighted by atomic mass is 9.45. The van der Waals surface area contributed by atoms with E-state index < -0.39 is 0 Å². The molecule has 0 unspecified atom stereocenters. The first-order valence-electron chi connectivity index (χ1n) is 7.97. The largest absolute Gasteiger partial charge is 0.516 e. The van der Waals surface area contributed by atoms with Gasteiger partial charge in [0.05, 0.1) is 6.26 Å². The van der Waals surface area contributed by atoms with Crippen LogP contribution in [-0.4, -0.2) is 5.11 Å². The number of aliphatic hydroxyl groups is 1. The van der Waals surface area contributed by atoms with Gasteiger partial charge in [0.2, 0.25) is 0 Å². The van der Waals surface area contributed by atoms with Crippen molar-refractivity contribution in [1.29, 1.82) is 0 Å². The highest BCUT2D eigenvalue weighted by molar-refractivity contribution is 5.04. The summed E-state index contributed by atoms with van der Waals surface area (Å²) in [5.41, 5.74) is 1.55. The molecule has 2 aliphatic rings. The molecular formula is C17H30O. The maximum absolute atomic E-state index is 8.52. The van der Waals surface area contributed by atoms with Gasteiger partial charge >= 0.3 is 0 Å². The van der Waals surface area contributed by atoms with Crippen molar-refractivity contribution in [2.45, 2.75) is 84.0 Å². The van der Waals surface area contributed by atoms with E-state index in [9.17, 15) is 0 Å². The summed E-state index contributed by atoms with van der Waals surface area (Å²) in [4.78, 5) is 0. The second kappa shape index (κ2) is 6.12. The molecule has 2 saturated carbocycles. The number of hydrogen-bond acceptors (Lipinski definition) is 1. The van der Waals surface area contributed by atoms with Crippen molar-refractivity contribution >= 4 is 0 Å². The zero-order valence-electron chi connectivity index (χ0n) is 12.1. The summed E-state index contributed by atoms with van der Waals surface area (Å²) in [6.45, 7) is 2.52. The van der Waals surface area contributed by atoms with Crippen molar-refractivity contribution in [2.75, 3.05) is 0 Å². The quantitative estimate of drug-likeness (QED) is 0.429. The van der Waals surface area contributed by atoms with E-state index in [1.807, 2.05) is 6.08 Å². The van der Waals surface area contributed by atoms with E-state index in [0.717, 1.165) is 11.8 Å². The SMILES string of the molecule is CC1(CCCCCCCC=CO)CC2(CCC2)C1. The summed E-state index contributed by atoms with van der Waals surface area (Å²) < 4.78 is 0. The minimum absolute atomic E-state index is 0.708. The fraction of sp³-hybridized carbons (Fsp3) is 0.882. The summed E-state index contributed by atoms with van der Waals surface area (Å²) in [6.07, 6.45) is 19.9. The monoisotopic (exact) mass is 250 g/mol. The summed E-state index contributed by atoms with van der Waals surface area (Å²) in [5.74, 6) is 0. The molecule has 0 radical (unpaired) electrons. The zero-order chi connectivity index (χ0) is 12.9. The van der Waals surface area contributed by atoms with Crippen LogP contribution in [0.4, 0.5) is 0 Å². The van der Waals surface area contributed by atoms with E-state index in [0.29, 0.717) is 5.41 Å². The van der Waals surface area contributed by atoms with Crippen LogP contribution in [0.5, 0.6) is 0 Å². The van der Waals surface area contributed by atoms with Gasteiger partial charge < -0.3 is 5.11 Å². The summed E-state index contributed by atoms with van der Waals surface area (Å²) in [6, 6.07) is 0. The molecule has 0 aromatic carbocycles. The summed E-state index contributed by atoms with van der Waals surface area (Å²) in [5, 5.41) is 8.52. The molecule has 1 nitrogen and oxygen atoms in total. The molecule has 0 saturated heterocycles. The van der Waals surface area contributed by atoms with Crippen LogP contribution in [0.3, 0.4) is 0 Å². The molecule has 2 fully saturated rings. The van der Waals surface area contributed by atoms with E-state index >= 15 is 0 Å². The van der Waals surface area contributed by atoms with Crippen LogP contribution in [0.2, 0.25) is 0 Å². The molecule has 0 amide bonds. The smallest absolute Gasteiger partial charge is 0.0751 e. The number of hydrogen-bond donors (Lipinski definition) is 1. The van der Waals surface area contributed by atoms with Crippen LogP contribution < -0.4 is 0 Å². The maximum atomic E-state index is 8.52. The molecule has 18 heavy (non-hydrogen) atoms. The minimum Gasteiger partial charge on any atom is -0.516 e. The third-order valence-electron chi connectivity index (χ3n) is 5.27. The topological polar surface area (TPSA) is 20.2 Å². The average molecular weight is 250 g/mol. The lowest BCUT2D eigenvalue weighted by molar-refractivity contribution is -0.0911. The lowest BCUT2D eigenvalue weighted by Crippen LogP contribution is -2.48. The van der Waals surface area contributed by atoms with Crippen LogP contribution >= 0.6 is 0 Å². The van der Waals surface area contributed by atoms with Gasteiger partial charge in [-0.3, -0.25) is 0 Å². The molecule has 2 rings (SSSR count). The maximum Gasteiger partial charge on any atom is 0.0751 e. The fourth-order valence-corrected chi connectivity index (χ4v) is 4.38. The summed E-state index contributed by atoms with van der Waals surface area (Å²) >= 11 is 0. The van der Waals surface area contributed by atoms with E-state index in [1.54, 1.807) is 0 Å². The normalized spacial score (nSPS) is 24.1. The molecule has 0 atom stereocenters. The average Bonchev–Trinajstić information content (AvgIpc) is 2.27. The van der Waals surface area contributed by atoms with Gasteiger partial charge in [0.15, 0.2) is 0 Å². The van der Waals surface area contributed by atoms with E-state index in [2.05, 4.69) is 6.92 Å². The van der Waals surface area contributed by atoms with Gasteiger partial charge in [-0.15, -0.1) is 0 Å². The number of aliphatic hydroxyl groups excluding tert-OH is 1. The molecule has 0 heterocycles. The van der Waals surface area contributed by atoms with Crippen molar-refractivity contribution in [3.8, 4) is 0 Å². The first-order valence-corrected chi connectivity index (χ1v) is 7.97. The summed E-state index contributed by atoms with van der Waals surface area (Å²) in [7, 11) is 0. The molecule has 2 aliphatic carbocycles. The second-order valence-corrected chi connectivity index (χ2v) is 7.21. The number of unbranched alkanes of at least 4 members (excludes halogenated alkanes) is 5. The fourth-order valence-electron chi connectivity index (χ4n) is 4.38. The first-order chi connectivity index (χ1) is 8.68. The zero-order valence-corrected chi connectivity index (χ0v) is 12.1. The first kappa shape index (κ1) is 14.0. The molecule has 1 spiro atoms. The Kier molecular flexibility index (Phi) is 4.75. The Morgan fingerprint density at radius 2 is 1.67 bits per heavy atom.